The molecule has 2 N–H and O–H groups in total. The Morgan fingerprint density at radius 1 is 1.59 bits per heavy atom. The van der Waals surface area contributed by atoms with E-state index in [2.05, 4.69) is 5.32 Å². The molecule has 1 saturated heterocycles. The van der Waals surface area contributed by atoms with Crippen molar-refractivity contribution in [3.8, 4) is 0 Å². The second-order valence-electron chi connectivity index (χ2n) is 4.59. The highest BCUT2D eigenvalue weighted by atomic mass is 16.4. The SMILES string of the molecule is CNC[C@H]1CC[C@@H](C(=O)O)N1c1ccn(C)c1. The molecule has 1 aromatic rings. The largest absolute Gasteiger partial charge is 0.480 e. The predicted octanol–water partition coefficient (Wildman–Crippen LogP) is 0.666. The van der Waals surface area contributed by atoms with Gasteiger partial charge >= 0.3 is 5.97 Å². The lowest BCUT2D eigenvalue weighted by Crippen LogP contribution is -2.44. The second kappa shape index (κ2) is 4.79. The van der Waals surface area contributed by atoms with Crippen molar-refractivity contribution in [2.75, 3.05) is 18.5 Å². The maximum absolute atomic E-state index is 11.3. The van der Waals surface area contributed by atoms with Gasteiger partial charge in [-0.05, 0) is 26.0 Å². The van der Waals surface area contributed by atoms with Gasteiger partial charge in [0.15, 0.2) is 0 Å². The first-order valence-corrected chi connectivity index (χ1v) is 5.91. The Morgan fingerprint density at radius 3 is 2.88 bits per heavy atom. The fraction of sp³-hybridized carbons (Fsp3) is 0.583. The van der Waals surface area contributed by atoms with Gasteiger partial charge in [0, 0.05) is 32.0 Å². The van der Waals surface area contributed by atoms with Crippen molar-refractivity contribution in [2.45, 2.75) is 24.9 Å². The third-order valence-electron chi connectivity index (χ3n) is 3.34. The molecule has 0 unspecified atom stereocenters. The van der Waals surface area contributed by atoms with Gasteiger partial charge in [-0.2, -0.15) is 0 Å². The molecule has 2 heterocycles. The van der Waals surface area contributed by atoms with Crippen molar-refractivity contribution < 1.29 is 9.90 Å². The van der Waals surface area contributed by atoms with E-state index >= 15 is 0 Å². The van der Waals surface area contributed by atoms with E-state index in [4.69, 9.17) is 0 Å². The molecule has 1 aliphatic rings. The number of hydrogen-bond donors (Lipinski definition) is 2. The van der Waals surface area contributed by atoms with Crippen LogP contribution >= 0.6 is 0 Å². The maximum Gasteiger partial charge on any atom is 0.326 e. The Labute approximate surface area is 101 Å². The number of likely N-dealkylation sites (N-methyl/N-ethyl adjacent to an activating group) is 1. The molecule has 1 aromatic heterocycles. The zero-order valence-electron chi connectivity index (χ0n) is 10.3. The lowest BCUT2D eigenvalue weighted by atomic mass is 10.2. The van der Waals surface area contributed by atoms with E-state index in [9.17, 15) is 9.90 Å². The van der Waals surface area contributed by atoms with Crippen molar-refractivity contribution in [3.63, 3.8) is 0 Å². The number of nitrogens with zero attached hydrogens (tertiary/aromatic N) is 2. The minimum absolute atomic E-state index is 0.267. The van der Waals surface area contributed by atoms with Crippen LogP contribution < -0.4 is 10.2 Å². The van der Waals surface area contributed by atoms with Gasteiger partial charge in [0.05, 0.1) is 5.69 Å². The molecule has 17 heavy (non-hydrogen) atoms. The first-order chi connectivity index (χ1) is 8.13. The van der Waals surface area contributed by atoms with E-state index in [1.54, 1.807) is 0 Å². The highest BCUT2D eigenvalue weighted by Gasteiger charge is 2.37. The summed E-state index contributed by atoms with van der Waals surface area (Å²) in [5, 5.41) is 12.4. The summed E-state index contributed by atoms with van der Waals surface area (Å²) in [6.45, 7) is 0.818. The number of nitrogens with one attached hydrogen (secondary N) is 1. The number of carbonyl (C=O) groups is 1. The molecular formula is C12H19N3O2. The zero-order valence-corrected chi connectivity index (χ0v) is 10.3. The first-order valence-electron chi connectivity index (χ1n) is 5.91. The van der Waals surface area contributed by atoms with Crippen LogP contribution in [-0.4, -0.2) is 41.3 Å². The van der Waals surface area contributed by atoms with Crippen molar-refractivity contribution >= 4 is 11.7 Å². The van der Waals surface area contributed by atoms with E-state index in [1.165, 1.54) is 0 Å². The molecule has 0 bridgehead atoms. The van der Waals surface area contributed by atoms with Crippen LogP contribution in [-0.2, 0) is 11.8 Å². The van der Waals surface area contributed by atoms with Crippen molar-refractivity contribution in [2.24, 2.45) is 7.05 Å². The normalized spacial score (nSPS) is 24.2. The summed E-state index contributed by atoms with van der Waals surface area (Å²) in [7, 11) is 3.85. The standard InChI is InChI=1S/C12H19N3O2/c1-13-7-9-3-4-11(12(16)17)15(9)10-5-6-14(2)8-10/h5-6,8-9,11,13H,3-4,7H2,1-2H3,(H,16,17)/t9-,11+/m1/s1. The average Bonchev–Trinajstić information content (AvgIpc) is 2.84. The third-order valence-corrected chi connectivity index (χ3v) is 3.34. The summed E-state index contributed by atoms with van der Waals surface area (Å²) in [6.07, 6.45) is 5.57. The molecule has 5 nitrogen and oxygen atoms in total. The van der Waals surface area contributed by atoms with Gasteiger partial charge in [-0.1, -0.05) is 0 Å². The molecule has 0 aromatic carbocycles. The van der Waals surface area contributed by atoms with Crippen LogP contribution in [0, 0.1) is 0 Å². The van der Waals surface area contributed by atoms with Crippen LogP contribution in [0.1, 0.15) is 12.8 Å². The monoisotopic (exact) mass is 237 g/mol. The Kier molecular flexibility index (Phi) is 3.38. The molecule has 0 spiro atoms. The Hall–Kier alpha value is -1.49. The summed E-state index contributed by atoms with van der Waals surface area (Å²) in [4.78, 5) is 13.3. The molecule has 1 fully saturated rings. The topological polar surface area (TPSA) is 57.5 Å². The van der Waals surface area contributed by atoms with E-state index in [1.807, 2.05) is 42.0 Å². The quantitative estimate of drug-likeness (QED) is 0.808. The lowest BCUT2D eigenvalue weighted by molar-refractivity contribution is -0.138. The molecular weight excluding hydrogens is 218 g/mol. The van der Waals surface area contributed by atoms with Gasteiger partial charge in [0.25, 0.3) is 0 Å². The molecule has 2 atom stereocenters. The van der Waals surface area contributed by atoms with Crippen molar-refractivity contribution in [1.82, 2.24) is 9.88 Å². The average molecular weight is 237 g/mol. The molecule has 2 rings (SSSR count). The van der Waals surface area contributed by atoms with Crippen LogP contribution in [0.3, 0.4) is 0 Å². The molecule has 1 aliphatic heterocycles. The smallest absolute Gasteiger partial charge is 0.326 e. The minimum Gasteiger partial charge on any atom is -0.480 e. The number of aliphatic carboxylic acids is 1. The van der Waals surface area contributed by atoms with Crippen LogP contribution in [0.5, 0.6) is 0 Å². The molecule has 0 radical (unpaired) electrons. The summed E-state index contributed by atoms with van der Waals surface area (Å²) in [5.74, 6) is -0.729. The fourth-order valence-corrected chi connectivity index (χ4v) is 2.59. The Balaban J connectivity index is 2.25. The van der Waals surface area contributed by atoms with Gasteiger partial charge in [-0.15, -0.1) is 0 Å². The first kappa shape index (κ1) is 12.0. The molecule has 0 aliphatic carbocycles. The van der Waals surface area contributed by atoms with Crippen LogP contribution in [0.4, 0.5) is 5.69 Å². The van der Waals surface area contributed by atoms with E-state index in [-0.39, 0.29) is 6.04 Å². The summed E-state index contributed by atoms with van der Waals surface area (Å²) in [6, 6.07) is 1.85. The highest BCUT2D eigenvalue weighted by Crippen LogP contribution is 2.30. The van der Waals surface area contributed by atoms with Gasteiger partial charge in [0.1, 0.15) is 6.04 Å². The third kappa shape index (κ3) is 2.29. The van der Waals surface area contributed by atoms with Crippen LogP contribution in [0.25, 0.3) is 0 Å². The maximum atomic E-state index is 11.3. The van der Waals surface area contributed by atoms with Gasteiger partial charge < -0.3 is 19.9 Å². The van der Waals surface area contributed by atoms with Gasteiger partial charge in [-0.25, -0.2) is 4.79 Å². The van der Waals surface area contributed by atoms with Crippen LogP contribution in [0.2, 0.25) is 0 Å². The molecule has 0 amide bonds. The van der Waals surface area contributed by atoms with E-state index < -0.39 is 12.0 Å². The minimum atomic E-state index is -0.729. The van der Waals surface area contributed by atoms with Crippen molar-refractivity contribution in [1.29, 1.82) is 0 Å². The number of carboxylic acids is 1. The lowest BCUT2D eigenvalue weighted by Gasteiger charge is -2.29. The van der Waals surface area contributed by atoms with E-state index in [0.29, 0.717) is 0 Å². The molecule has 0 saturated carbocycles. The number of rotatable bonds is 4. The summed E-state index contributed by atoms with van der Waals surface area (Å²) >= 11 is 0. The predicted molar refractivity (Wildman–Crippen MR) is 66.3 cm³/mol. The molecule has 5 heteroatoms. The van der Waals surface area contributed by atoms with E-state index in [0.717, 1.165) is 25.1 Å². The number of carboxylic acid groups (broad SMARTS) is 1. The number of aryl methyl sites for hydroxylation is 1. The van der Waals surface area contributed by atoms with Crippen molar-refractivity contribution in [3.05, 3.63) is 18.5 Å². The number of hydrogen-bond acceptors (Lipinski definition) is 3. The number of anilines is 1. The fourth-order valence-electron chi connectivity index (χ4n) is 2.59. The molecule has 94 valence electrons. The Morgan fingerprint density at radius 2 is 2.35 bits per heavy atom. The highest BCUT2D eigenvalue weighted by molar-refractivity contribution is 5.79. The summed E-state index contributed by atoms with van der Waals surface area (Å²) in [5.41, 5.74) is 0.998. The van der Waals surface area contributed by atoms with Gasteiger partial charge in [0.2, 0.25) is 0 Å². The van der Waals surface area contributed by atoms with Crippen LogP contribution in [0.15, 0.2) is 18.5 Å². The second-order valence-corrected chi connectivity index (χ2v) is 4.59. The summed E-state index contributed by atoms with van der Waals surface area (Å²) < 4.78 is 1.95. The van der Waals surface area contributed by atoms with Gasteiger partial charge in [-0.3, -0.25) is 0 Å². The zero-order chi connectivity index (χ0) is 12.4. The Bertz CT molecular complexity index is 402. The number of aromatic nitrogens is 1.